The highest BCUT2D eigenvalue weighted by Crippen LogP contribution is 2.18. The zero-order chi connectivity index (χ0) is 17.0. The molecule has 1 atom stereocenters. The molecule has 2 rings (SSSR count). The van der Waals surface area contributed by atoms with Crippen molar-refractivity contribution < 1.29 is 14.3 Å². The summed E-state index contributed by atoms with van der Waals surface area (Å²) in [5.41, 5.74) is 0. The van der Waals surface area contributed by atoms with Gasteiger partial charge in [-0.15, -0.1) is 24.0 Å². The quantitative estimate of drug-likeness (QED) is 0.184. The van der Waals surface area contributed by atoms with Crippen LogP contribution in [0.4, 0.5) is 0 Å². The molecule has 1 saturated heterocycles. The highest BCUT2D eigenvalue weighted by Gasteiger charge is 2.22. The second-order valence-corrected chi connectivity index (χ2v) is 6.53. The number of hydrogen-bond acceptors (Lipinski definition) is 4. The fourth-order valence-corrected chi connectivity index (χ4v) is 2.55. The van der Waals surface area contributed by atoms with E-state index in [1.807, 2.05) is 0 Å². The number of nitrogens with zero attached hydrogens (tertiary/aromatic N) is 1. The zero-order valence-electron chi connectivity index (χ0n) is 15.2. The maximum Gasteiger partial charge on any atom is 0.220 e. The monoisotopic (exact) mass is 468 g/mol. The van der Waals surface area contributed by atoms with Gasteiger partial charge in [0.1, 0.15) is 0 Å². The Kier molecular flexibility index (Phi) is 12.2. The molecular weight excluding hydrogens is 435 g/mol. The number of carbonyl (C=O) groups is 1. The van der Waals surface area contributed by atoms with Crippen LogP contribution in [0.5, 0.6) is 0 Å². The third-order valence-electron chi connectivity index (χ3n) is 4.17. The molecule has 3 N–H and O–H groups in total. The Morgan fingerprint density at radius 3 is 2.60 bits per heavy atom. The second-order valence-electron chi connectivity index (χ2n) is 6.53. The van der Waals surface area contributed by atoms with Crippen molar-refractivity contribution >= 4 is 35.8 Å². The third kappa shape index (κ3) is 10.9. The number of hydrogen-bond donors (Lipinski definition) is 3. The molecule has 1 heterocycles. The van der Waals surface area contributed by atoms with Crippen molar-refractivity contribution in [3.63, 3.8) is 0 Å². The van der Waals surface area contributed by atoms with Crippen LogP contribution in [0.3, 0.4) is 0 Å². The van der Waals surface area contributed by atoms with Crippen LogP contribution in [0.15, 0.2) is 4.99 Å². The molecule has 25 heavy (non-hydrogen) atoms. The Bertz CT molecular complexity index is 399. The number of aliphatic imine (C=N–C) groups is 1. The molecular formula is C17H33IN4O3. The first-order chi connectivity index (χ1) is 11.8. The molecule has 0 spiro atoms. The molecule has 1 amide bonds. The van der Waals surface area contributed by atoms with Crippen LogP contribution in [-0.4, -0.2) is 64.5 Å². The van der Waals surface area contributed by atoms with Crippen LogP contribution in [0.1, 0.15) is 38.5 Å². The largest absolute Gasteiger partial charge is 0.381 e. The molecule has 2 aliphatic rings. The van der Waals surface area contributed by atoms with Gasteiger partial charge in [-0.1, -0.05) is 0 Å². The lowest BCUT2D eigenvalue weighted by Crippen LogP contribution is -2.38. The van der Waals surface area contributed by atoms with Crippen molar-refractivity contribution in [2.24, 2.45) is 10.9 Å². The minimum atomic E-state index is 0. The lowest BCUT2D eigenvalue weighted by molar-refractivity contribution is -0.121. The first kappa shape index (κ1) is 22.4. The smallest absolute Gasteiger partial charge is 0.220 e. The fourth-order valence-electron chi connectivity index (χ4n) is 2.55. The van der Waals surface area contributed by atoms with Crippen LogP contribution in [0.2, 0.25) is 0 Å². The number of ether oxygens (including phenoxy) is 2. The maximum atomic E-state index is 11.6. The van der Waals surface area contributed by atoms with Gasteiger partial charge >= 0.3 is 0 Å². The molecule has 1 aliphatic heterocycles. The number of halogens is 1. The molecule has 0 aromatic carbocycles. The van der Waals surface area contributed by atoms with Crippen molar-refractivity contribution in [2.75, 3.05) is 46.6 Å². The molecule has 0 bridgehead atoms. The number of guanidine groups is 1. The molecule has 0 radical (unpaired) electrons. The van der Waals surface area contributed by atoms with Gasteiger partial charge in [0.05, 0.1) is 13.2 Å². The van der Waals surface area contributed by atoms with Gasteiger partial charge in [0, 0.05) is 51.7 Å². The summed E-state index contributed by atoms with van der Waals surface area (Å²) in [4.78, 5) is 15.7. The average molecular weight is 468 g/mol. The van der Waals surface area contributed by atoms with E-state index in [0.29, 0.717) is 18.4 Å². The molecule has 1 unspecified atom stereocenters. The van der Waals surface area contributed by atoms with E-state index < -0.39 is 0 Å². The number of nitrogens with one attached hydrogen (secondary N) is 3. The number of rotatable bonds is 11. The van der Waals surface area contributed by atoms with E-state index in [-0.39, 0.29) is 29.9 Å². The van der Waals surface area contributed by atoms with Crippen molar-refractivity contribution in [3.05, 3.63) is 0 Å². The predicted octanol–water partition coefficient (Wildman–Crippen LogP) is 1.27. The Balaban J connectivity index is 0.00000312. The molecule has 7 nitrogen and oxygen atoms in total. The normalized spacial score (nSPS) is 20.0. The Morgan fingerprint density at radius 2 is 1.96 bits per heavy atom. The van der Waals surface area contributed by atoms with Crippen LogP contribution in [0, 0.1) is 5.92 Å². The Hall–Kier alpha value is -0.610. The van der Waals surface area contributed by atoms with Gasteiger partial charge < -0.3 is 25.4 Å². The van der Waals surface area contributed by atoms with Crippen molar-refractivity contribution in [3.8, 4) is 0 Å². The Labute approximate surface area is 168 Å². The maximum absolute atomic E-state index is 11.6. The Morgan fingerprint density at radius 1 is 1.20 bits per heavy atom. The summed E-state index contributed by atoms with van der Waals surface area (Å²) < 4.78 is 11.0. The van der Waals surface area contributed by atoms with E-state index in [0.717, 1.165) is 77.6 Å². The summed E-state index contributed by atoms with van der Waals surface area (Å²) in [6.45, 7) is 4.84. The van der Waals surface area contributed by atoms with Gasteiger partial charge in [0.25, 0.3) is 0 Å². The van der Waals surface area contributed by atoms with E-state index in [2.05, 4.69) is 20.9 Å². The van der Waals surface area contributed by atoms with Crippen molar-refractivity contribution in [1.29, 1.82) is 0 Å². The van der Waals surface area contributed by atoms with E-state index in [1.54, 1.807) is 7.05 Å². The topological polar surface area (TPSA) is 84.0 Å². The zero-order valence-corrected chi connectivity index (χ0v) is 17.6. The standard InChI is InChI=1S/C17H32N4O3.HI/c1-18-17(19-8-2-4-16(22)21-15-5-6-15)20-9-3-10-23-12-14-7-11-24-13-14;/h14-15H,2-13H2,1H3,(H,21,22)(H2,18,19,20);1H. The van der Waals surface area contributed by atoms with Gasteiger partial charge in [0.2, 0.25) is 5.91 Å². The minimum Gasteiger partial charge on any atom is -0.381 e. The highest BCUT2D eigenvalue weighted by atomic mass is 127. The fraction of sp³-hybridized carbons (Fsp3) is 0.882. The van der Waals surface area contributed by atoms with Crippen molar-refractivity contribution in [2.45, 2.75) is 44.6 Å². The summed E-state index contributed by atoms with van der Waals surface area (Å²) in [6, 6.07) is 0.448. The van der Waals surface area contributed by atoms with Gasteiger partial charge in [0.15, 0.2) is 5.96 Å². The number of carbonyl (C=O) groups excluding carboxylic acids is 1. The van der Waals surface area contributed by atoms with Gasteiger partial charge in [-0.2, -0.15) is 0 Å². The first-order valence-corrected chi connectivity index (χ1v) is 9.17. The number of amides is 1. The van der Waals surface area contributed by atoms with Gasteiger partial charge in [-0.25, -0.2) is 0 Å². The van der Waals surface area contributed by atoms with E-state index in [4.69, 9.17) is 9.47 Å². The van der Waals surface area contributed by atoms with Gasteiger partial charge in [-0.05, 0) is 32.1 Å². The van der Waals surface area contributed by atoms with Crippen LogP contribution in [0.25, 0.3) is 0 Å². The first-order valence-electron chi connectivity index (χ1n) is 9.17. The third-order valence-corrected chi connectivity index (χ3v) is 4.17. The molecule has 2 fully saturated rings. The molecule has 1 aliphatic carbocycles. The molecule has 1 saturated carbocycles. The molecule has 146 valence electrons. The summed E-state index contributed by atoms with van der Waals surface area (Å²) in [6.07, 6.45) is 5.72. The van der Waals surface area contributed by atoms with Crippen LogP contribution >= 0.6 is 24.0 Å². The summed E-state index contributed by atoms with van der Waals surface area (Å²) in [7, 11) is 1.76. The highest BCUT2D eigenvalue weighted by molar-refractivity contribution is 14.0. The molecule has 8 heteroatoms. The summed E-state index contributed by atoms with van der Waals surface area (Å²) in [5.74, 6) is 1.51. The summed E-state index contributed by atoms with van der Waals surface area (Å²) in [5, 5.41) is 9.49. The predicted molar refractivity (Wildman–Crippen MR) is 110 cm³/mol. The van der Waals surface area contributed by atoms with Gasteiger partial charge in [-0.3, -0.25) is 9.79 Å². The molecule has 0 aromatic heterocycles. The van der Waals surface area contributed by atoms with Crippen LogP contribution in [-0.2, 0) is 14.3 Å². The second kappa shape index (κ2) is 13.6. The van der Waals surface area contributed by atoms with E-state index in [1.165, 1.54) is 0 Å². The minimum absolute atomic E-state index is 0. The van der Waals surface area contributed by atoms with E-state index >= 15 is 0 Å². The van der Waals surface area contributed by atoms with E-state index in [9.17, 15) is 4.79 Å². The van der Waals surface area contributed by atoms with Crippen molar-refractivity contribution in [1.82, 2.24) is 16.0 Å². The van der Waals surface area contributed by atoms with Crippen LogP contribution < -0.4 is 16.0 Å². The SMILES string of the molecule is CN=C(NCCCOCC1CCOC1)NCCCC(=O)NC1CC1.I. The summed E-state index contributed by atoms with van der Waals surface area (Å²) >= 11 is 0. The average Bonchev–Trinajstić information content (AvgIpc) is 3.23. The lowest BCUT2D eigenvalue weighted by atomic mass is 10.1. The lowest BCUT2D eigenvalue weighted by Gasteiger charge is -2.12. The molecule has 0 aromatic rings.